The third-order valence-electron chi connectivity index (χ3n) is 4.34. The summed E-state index contributed by atoms with van der Waals surface area (Å²) in [6.07, 6.45) is 13.7. The zero-order valence-electron chi connectivity index (χ0n) is 14.9. The number of hydrogen-bond acceptors (Lipinski definition) is 3. The monoisotopic (exact) mass is 341 g/mol. The van der Waals surface area contributed by atoms with Gasteiger partial charge in [0.05, 0.1) is 7.11 Å². The van der Waals surface area contributed by atoms with Gasteiger partial charge in [-0.2, -0.15) is 0 Å². The van der Waals surface area contributed by atoms with Crippen molar-refractivity contribution in [2.45, 2.75) is 38.5 Å². The fourth-order valence-corrected chi connectivity index (χ4v) is 2.80. The average molecular weight is 341 g/mol. The fraction of sp³-hybridized carbons (Fsp3) is 0.429. The summed E-state index contributed by atoms with van der Waals surface area (Å²) < 4.78 is 4.65. The highest BCUT2D eigenvalue weighted by atomic mass is 16.5. The highest BCUT2D eigenvalue weighted by molar-refractivity contribution is 5.94. The molecule has 0 aliphatic carbocycles. The third-order valence-corrected chi connectivity index (χ3v) is 4.34. The van der Waals surface area contributed by atoms with E-state index in [-0.39, 0.29) is 11.9 Å². The minimum absolute atomic E-state index is 0.0624. The van der Waals surface area contributed by atoms with Gasteiger partial charge < -0.3 is 9.64 Å². The summed E-state index contributed by atoms with van der Waals surface area (Å²) >= 11 is 0. The summed E-state index contributed by atoms with van der Waals surface area (Å²) in [6, 6.07) is 7.54. The van der Waals surface area contributed by atoms with Gasteiger partial charge in [-0.1, -0.05) is 42.9 Å². The maximum absolute atomic E-state index is 12.8. The van der Waals surface area contributed by atoms with Crippen LogP contribution in [-0.2, 0) is 16.0 Å². The van der Waals surface area contributed by atoms with Crippen LogP contribution in [0.3, 0.4) is 0 Å². The van der Waals surface area contributed by atoms with Crippen molar-refractivity contribution >= 4 is 11.9 Å². The number of hydrogen-bond donors (Lipinski definition) is 0. The van der Waals surface area contributed by atoms with E-state index in [1.807, 2.05) is 41.3 Å². The van der Waals surface area contributed by atoms with Crippen molar-refractivity contribution < 1.29 is 14.3 Å². The molecule has 0 saturated heterocycles. The van der Waals surface area contributed by atoms with E-state index >= 15 is 0 Å². The number of carbonyl (C=O) groups excluding carboxylic acids is 2. The molecule has 1 aliphatic heterocycles. The summed E-state index contributed by atoms with van der Waals surface area (Å²) in [5, 5.41) is 0. The first-order chi connectivity index (χ1) is 12.2. The van der Waals surface area contributed by atoms with E-state index in [0.717, 1.165) is 31.4 Å². The Morgan fingerprint density at radius 2 is 1.80 bits per heavy atom. The molecule has 4 heteroatoms. The smallest absolute Gasteiger partial charge is 0.305 e. The zero-order valence-corrected chi connectivity index (χ0v) is 14.9. The third kappa shape index (κ3) is 6.57. The van der Waals surface area contributed by atoms with Crippen LogP contribution < -0.4 is 0 Å². The molecule has 134 valence electrons. The minimum Gasteiger partial charge on any atom is -0.469 e. The maximum Gasteiger partial charge on any atom is 0.305 e. The molecule has 0 fully saturated rings. The molecule has 0 spiro atoms. The highest BCUT2D eigenvalue weighted by Crippen LogP contribution is 2.12. The first-order valence-corrected chi connectivity index (χ1v) is 8.97. The van der Waals surface area contributed by atoms with Crippen LogP contribution >= 0.6 is 0 Å². The van der Waals surface area contributed by atoms with Gasteiger partial charge in [-0.3, -0.25) is 9.59 Å². The molecule has 1 aromatic rings. The Kier molecular flexibility index (Phi) is 7.96. The minimum atomic E-state index is -0.218. The average Bonchev–Trinajstić information content (AvgIpc) is 2.71. The number of nitrogens with zero attached hydrogens (tertiary/aromatic N) is 1. The van der Waals surface area contributed by atoms with E-state index in [2.05, 4.69) is 16.9 Å². The van der Waals surface area contributed by atoms with Crippen molar-refractivity contribution in [3.63, 3.8) is 0 Å². The normalized spacial score (nSPS) is 18.0. The van der Waals surface area contributed by atoms with Crippen molar-refractivity contribution in [1.29, 1.82) is 0 Å². The van der Waals surface area contributed by atoms with Crippen LogP contribution in [-0.4, -0.2) is 37.0 Å². The van der Waals surface area contributed by atoms with E-state index in [1.165, 1.54) is 13.5 Å². The Morgan fingerprint density at radius 1 is 1.04 bits per heavy atom. The molecule has 4 nitrogen and oxygen atoms in total. The Labute approximate surface area is 150 Å². The molecule has 0 atom stereocenters. The van der Waals surface area contributed by atoms with Gasteiger partial charge in [-0.05, 0) is 43.4 Å². The Balaban J connectivity index is 1.98. The van der Waals surface area contributed by atoms with Gasteiger partial charge in [-0.15, -0.1) is 0 Å². The number of rotatable bonds is 4. The molecule has 2 rings (SSSR count). The molecule has 0 N–H and O–H groups in total. The molecule has 1 aromatic carbocycles. The summed E-state index contributed by atoms with van der Waals surface area (Å²) in [5.74, 6) is -0.156. The van der Waals surface area contributed by atoms with Gasteiger partial charge in [-0.25, -0.2) is 0 Å². The SMILES string of the molecule is COC(=O)CCc1ccc(C(=O)N2C/C=C\C=C/CCCCC2)cc1. The lowest BCUT2D eigenvalue weighted by atomic mass is 10.1. The predicted octanol–water partition coefficient (Wildman–Crippen LogP) is 3.92. The number of benzene rings is 1. The molecule has 0 saturated carbocycles. The topological polar surface area (TPSA) is 46.6 Å². The van der Waals surface area contributed by atoms with Crippen molar-refractivity contribution in [3.05, 3.63) is 59.7 Å². The molecule has 25 heavy (non-hydrogen) atoms. The van der Waals surface area contributed by atoms with Gasteiger partial charge in [0, 0.05) is 25.1 Å². The number of allylic oxidation sites excluding steroid dienone is 3. The second-order valence-corrected chi connectivity index (χ2v) is 6.23. The number of amides is 1. The fourth-order valence-electron chi connectivity index (χ4n) is 2.80. The van der Waals surface area contributed by atoms with Gasteiger partial charge in [0.25, 0.3) is 5.91 Å². The predicted molar refractivity (Wildman–Crippen MR) is 99.4 cm³/mol. The van der Waals surface area contributed by atoms with E-state index in [9.17, 15) is 9.59 Å². The summed E-state index contributed by atoms with van der Waals surface area (Å²) in [7, 11) is 1.39. The van der Waals surface area contributed by atoms with E-state index in [4.69, 9.17) is 0 Å². The van der Waals surface area contributed by atoms with Crippen molar-refractivity contribution in [2.24, 2.45) is 0 Å². The van der Waals surface area contributed by atoms with Gasteiger partial charge in [0.1, 0.15) is 0 Å². The molecule has 1 amide bonds. The van der Waals surface area contributed by atoms with Crippen LogP contribution in [0.25, 0.3) is 0 Å². The number of ether oxygens (including phenoxy) is 1. The molecule has 0 unspecified atom stereocenters. The second kappa shape index (κ2) is 10.5. The van der Waals surface area contributed by atoms with E-state index < -0.39 is 0 Å². The Morgan fingerprint density at radius 3 is 2.56 bits per heavy atom. The molecule has 1 aliphatic rings. The number of carbonyl (C=O) groups is 2. The lowest BCUT2D eigenvalue weighted by molar-refractivity contribution is -0.140. The van der Waals surface area contributed by atoms with Crippen molar-refractivity contribution in [3.8, 4) is 0 Å². The first kappa shape index (κ1) is 19.0. The molecule has 1 heterocycles. The summed E-state index contributed by atoms with van der Waals surface area (Å²) in [4.78, 5) is 25.9. The molecule has 0 aromatic heterocycles. The molecular weight excluding hydrogens is 314 g/mol. The van der Waals surface area contributed by atoms with Crippen LogP contribution in [0.5, 0.6) is 0 Å². The number of methoxy groups -OCH3 is 1. The first-order valence-electron chi connectivity index (χ1n) is 8.97. The van der Waals surface area contributed by atoms with Crippen LogP contribution in [0.2, 0.25) is 0 Å². The lowest BCUT2D eigenvalue weighted by Crippen LogP contribution is -2.32. The van der Waals surface area contributed by atoms with Gasteiger partial charge >= 0.3 is 5.97 Å². The van der Waals surface area contributed by atoms with Crippen molar-refractivity contribution in [2.75, 3.05) is 20.2 Å². The maximum atomic E-state index is 12.8. The summed E-state index contributed by atoms with van der Waals surface area (Å²) in [5.41, 5.74) is 1.73. The van der Waals surface area contributed by atoms with Crippen LogP contribution in [0, 0.1) is 0 Å². The quantitative estimate of drug-likeness (QED) is 0.780. The number of esters is 1. The zero-order chi connectivity index (χ0) is 17.9. The molecule has 0 radical (unpaired) electrons. The highest BCUT2D eigenvalue weighted by Gasteiger charge is 2.14. The Bertz CT molecular complexity index is 617. The largest absolute Gasteiger partial charge is 0.469 e. The second-order valence-electron chi connectivity index (χ2n) is 6.23. The van der Waals surface area contributed by atoms with Gasteiger partial charge in [0.2, 0.25) is 0 Å². The van der Waals surface area contributed by atoms with Crippen molar-refractivity contribution in [1.82, 2.24) is 4.90 Å². The molecule has 0 bridgehead atoms. The van der Waals surface area contributed by atoms with Crippen LogP contribution in [0.4, 0.5) is 0 Å². The van der Waals surface area contributed by atoms with Crippen LogP contribution in [0.1, 0.15) is 48.0 Å². The van der Waals surface area contributed by atoms with E-state index in [1.54, 1.807) is 0 Å². The van der Waals surface area contributed by atoms with Gasteiger partial charge in [0.15, 0.2) is 0 Å². The Hall–Kier alpha value is -2.36. The van der Waals surface area contributed by atoms with E-state index in [0.29, 0.717) is 24.9 Å². The van der Waals surface area contributed by atoms with Crippen LogP contribution in [0.15, 0.2) is 48.6 Å². The lowest BCUT2D eigenvalue weighted by Gasteiger charge is -2.21. The standard InChI is InChI=1S/C21H27NO3/c1-25-20(23)15-12-18-10-13-19(14-11-18)21(24)22-16-8-6-4-2-3-5-7-9-17-22/h2,4,6,8,10-11,13-14H,3,5,7,9,12,15-17H2,1H3/b4-2-,8-6-. The number of aryl methyl sites for hydroxylation is 1. The molecular formula is C21H27NO3. The summed E-state index contributed by atoms with van der Waals surface area (Å²) in [6.45, 7) is 1.42.